The number of aromatic nitrogens is 2. The summed E-state index contributed by atoms with van der Waals surface area (Å²) in [6.07, 6.45) is 5.93. The summed E-state index contributed by atoms with van der Waals surface area (Å²) < 4.78 is 12.6. The minimum Gasteiger partial charge on any atom is -0.454 e. The molecule has 1 atom stereocenters. The molecule has 0 aliphatic carbocycles. The molecular formula is C17H19N3O3. The van der Waals surface area contributed by atoms with E-state index >= 15 is 0 Å². The highest BCUT2D eigenvalue weighted by Crippen LogP contribution is 2.33. The van der Waals surface area contributed by atoms with Gasteiger partial charge in [0.2, 0.25) is 6.79 Å². The van der Waals surface area contributed by atoms with Gasteiger partial charge in [-0.1, -0.05) is 0 Å². The first-order valence-electron chi connectivity index (χ1n) is 7.90. The van der Waals surface area contributed by atoms with Crippen molar-refractivity contribution in [1.29, 1.82) is 0 Å². The number of amides is 1. The lowest BCUT2D eigenvalue weighted by Crippen LogP contribution is -2.40. The average molecular weight is 313 g/mol. The van der Waals surface area contributed by atoms with Crippen LogP contribution in [-0.2, 0) is 0 Å². The van der Waals surface area contributed by atoms with E-state index in [0.29, 0.717) is 23.6 Å². The fraction of sp³-hybridized carbons (Fsp3) is 0.412. The lowest BCUT2D eigenvalue weighted by Gasteiger charge is -2.33. The summed E-state index contributed by atoms with van der Waals surface area (Å²) >= 11 is 0. The normalized spacial score (nSPS) is 19.9. The number of nitrogens with zero attached hydrogens (tertiary/aromatic N) is 3. The van der Waals surface area contributed by atoms with Crippen molar-refractivity contribution < 1.29 is 14.3 Å². The molecule has 2 aliphatic heterocycles. The minimum absolute atomic E-state index is 0.0388. The van der Waals surface area contributed by atoms with Crippen molar-refractivity contribution >= 4 is 5.91 Å². The van der Waals surface area contributed by atoms with E-state index in [1.807, 2.05) is 28.9 Å². The van der Waals surface area contributed by atoms with Crippen LogP contribution in [-0.4, -0.2) is 40.5 Å². The summed E-state index contributed by atoms with van der Waals surface area (Å²) in [7, 11) is 0. The third-order valence-electron chi connectivity index (χ3n) is 4.41. The first kappa shape index (κ1) is 14.1. The third-order valence-corrected chi connectivity index (χ3v) is 4.41. The van der Waals surface area contributed by atoms with Crippen molar-refractivity contribution in [2.24, 2.45) is 0 Å². The molecule has 23 heavy (non-hydrogen) atoms. The molecule has 1 aromatic heterocycles. The van der Waals surface area contributed by atoms with Gasteiger partial charge in [-0.15, -0.1) is 0 Å². The van der Waals surface area contributed by atoms with Gasteiger partial charge in [0, 0.05) is 24.8 Å². The first-order valence-corrected chi connectivity index (χ1v) is 7.90. The van der Waals surface area contributed by atoms with Crippen molar-refractivity contribution in [2.45, 2.75) is 25.8 Å². The topological polar surface area (TPSA) is 56.6 Å². The van der Waals surface area contributed by atoms with Gasteiger partial charge in [0.1, 0.15) is 0 Å². The van der Waals surface area contributed by atoms with E-state index < -0.39 is 0 Å². The summed E-state index contributed by atoms with van der Waals surface area (Å²) in [4.78, 5) is 14.7. The molecule has 0 N–H and O–H groups in total. The molecule has 2 aromatic rings. The zero-order chi connectivity index (χ0) is 15.8. The molecule has 0 bridgehead atoms. The number of hydrogen-bond donors (Lipinski definition) is 0. The number of carbonyl (C=O) groups is 1. The molecule has 0 unspecified atom stereocenters. The van der Waals surface area contributed by atoms with Crippen molar-refractivity contribution in [3.05, 3.63) is 41.7 Å². The second-order valence-electron chi connectivity index (χ2n) is 6.11. The van der Waals surface area contributed by atoms with E-state index in [-0.39, 0.29) is 18.7 Å². The molecule has 4 rings (SSSR count). The molecule has 0 radical (unpaired) electrons. The second-order valence-corrected chi connectivity index (χ2v) is 6.11. The highest BCUT2D eigenvalue weighted by atomic mass is 16.7. The van der Waals surface area contributed by atoms with Crippen molar-refractivity contribution in [3.8, 4) is 11.5 Å². The SMILES string of the molecule is Cc1cnn([C@@H]2CCCN(C(=O)c3ccc4c(c3)OCO4)C2)c1. The van der Waals surface area contributed by atoms with Gasteiger partial charge < -0.3 is 14.4 Å². The van der Waals surface area contributed by atoms with Crippen molar-refractivity contribution in [3.63, 3.8) is 0 Å². The van der Waals surface area contributed by atoms with Crippen molar-refractivity contribution in [1.82, 2.24) is 14.7 Å². The molecule has 1 amide bonds. The maximum atomic E-state index is 12.8. The molecule has 120 valence electrons. The Balaban J connectivity index is 1.51. The standard InChI is InChI=1S/C17H19N3O3/c1-12-8-18-20(9-12)14-3-2-6-19(10-14)17(21)13-4-5-15-16(7-13)23-11-22-15/h4-5,7-9,14H,2-3,6,10-11H2,1H3/t14-/m1/s1. The number of ether oxygens (including phenoxy) is 2. The summed E-state index contributed by atoms with van der Waals surface area (Å²) in [5, 5.41) is 4.40. The van der Waals surface area contributed by atoms with Gasteiger partial charge in [-0.05, 0) is 43.5 Å². The van der Waals surface area contributed by atoms with E-state index in [0.717, 1.165) is 24.9 Å². The van der Waals surface area contributed by atoms with Crippen LogP contribution in [0.1, 0.15) is 34.8 Å². The number of rotatable bonds is 2. The number of benzene rings is 1. The molecule has 3 heterocycles. The monoisotopic (exact) mass is 313 g/mol. The highest BCUT2D eigenvalue weighted by Gasteiger charge is 2.27. The van der Waals surface area contributed by atoms with Gasteiger partial charge in [-0.25, -0.2) is 0 Å². The predicted octanol–water partition coefficient (Wildman–Crippen LogP) is 2.40. The van der Waals surface area contributed by atoms with E-state index in [1.54, 1.807) is 18.2 Å². The maximum Gasteiger partial charge on any atom is 0.254 e. The number of aryl methyl sites for hydroxylation is 1. The number of carbonyl (C=O) groups excluding carboxylic acids is 1. The third kappa shape index (κ3) is 2.65. The molecule has 0 spiro atoms. The maximum absolute atomic E-state index is 12.8. The Bertz CT molecular complexity index is 740. The zero-order valence-corrected chi connectivity index (χ0v) is 13.1. The van der Waals surface area contributed by atoms with Crippen LogP contribution in [0.3, 0.4) is 0 Å². The van der Waals surface area contributed by atoms with Gasteiger partial charge in [-0.3, -0.25) is 9.48 Å². The molecule has 6 nitrogen and oxygen atoms in total. The zero-order valence-electron chi connectivity index (χ0n) is 13.1. The van der Waals surface area contributed by atoms with Gasteiger partial charge in [0.05, 0.1) is 12.2 Å². The number of likely N-dealkylation sites (tertiary alicyclic amines) is 1. The Hall–Kier alpha value is -2.50. The van der Waals surface area contributed by atoms with E-state index in [2.05, 4.69) is 5.10 Å². The summed E-state index contributed by atoms with van der Waals surface area (Å²) in [6.45, 7) is 3.72. The predicted molar refractivity (Wildman–Crippen MR) is 83.7 cm³/mol. The van der Waals surface area contributed by atoms with E-state index in [4.69, 9.17) is 9.47 Å². The number of hydrogen-bond acceptors (Lipinski definition) is 4. The molecule has 6 heteroatoms. The fourth-order valence-electron chi connectivity index (χ4n) is 3.20. The van der Waals surface area contributed by atoms with Crippen LogP contribution in [0.15, 0.2) is 30.6 Å². The quantitative estimate of drug-likeness (QED) is 0.854. The molecule has 2 aliphatic rings. The Morgan fingerprint density at radius 3 is 3.00 bits per heavy atom. The Morgan fingerprint density at radius 1 is 1.30 bits per heavy atom. The molecule has 0 saturated carbocycles. The Labute approximate surface area is 134 Å². The molecule has 1 aromatic carbocycles. The Morgan fingerprint density at radius 2 is 2.17 bits per heavy atom. The van der Waals surface area contributed by atoms with Crippen LogP contribution in [0.25, 0.3) is 0 Å². The number of piperidine rings is 1. The fourth-order valence-corrected chi connectivity index (χ4v) is 3.20. The van der Waals surface area contributed by atoms with Crippen molar-refractivity contribution in [2.75, 3.05) is 19.9 Å². The molecule has 1 saturated heterocycles. The van der Waals surface area contributed by atoms with Crippen LogP contribution >= 0.6 is 0 Å². The van der Waals surface area contributed by atoms with Crippen LogP contribution in [0.4, 0.5) is 0 Å². The summed E-state index contributed by atoms with van der Waals surface area (Å²) in [5.41, 5.74) is 1.79. The lowest BCUT2D eigenvalue weighted by molar-refractivity contribution is 0.0672. The van der Waals surface area contributed by atoms with E-state index in [9.17, 15) is 4.79 Å². The summed E-state index contributed by atoms with van der Waals surface area (Å²) in [5.74, 6) is 1.38. The van der Waals surface area contributed by atoms with Gasteiger partial charge in [0.15, 0.2) is 11.5 Å². The largest absolute Gasteiger partial charge is 0.454 e. The van der Waals surface area contributed by atoms with Crippen LogP contribution < -0.4 is 9.47 Å². The van der Waals surface area contributed by atoms with Gasteiger partial charge >= 0.3 is 0 Å². The Kier molecular flexibility index (Phi) is 3.44. The van der Waals surface area contributed by atoms with E-state index in [1.165, 1.54) is 0 Å². The lowest BCUT2D eigenvalue weighted by atomic mass is 10.0. The van der Waals surface area contributed by atoms with Gasteiger partial charge in [-0.2, -0.15) is 5.10 Å². The minimum atomic E-state index is 0.0388. The summed E-state index contributed by atoms with van der Waals surface area (Å²) in [6, 6.07) is 5.62. The molecular weight excluding hydrogens is 294 g/mol. The van der Waals surface area contributed by atoms with Crippen LogP contribution in [0.2, 0.25) is 0 Å². The first-order chi connectivity index (χ1) is 11.2. The second kappa shape index (κ2) is 5.61. The van der Waals surface area contributed by atoms with Crippen LogP contribution in [0, 0.1) is 6.92 Å². The average Bonchev–Trinajstić information content (AvgIpc) is 3.22. The molecule has 1 fully saturated rings. The smallest absolute Gasteiger partial charge is 0.254 e. The number of fused-ring (bicyclic) bond motifs is 1. The van der Waals surface area contributed by atoms with Crippen LogP contribution in [0.5, 0.6) is 11.5 Å². The highest BCUT2D eigenvalue weighted by molar-refractivity contribution is 5.95. The van der Waals surface area contributed by atoms with Gasteiger partial charge in [0.25, 0.3) is 5.91 Å².